The number of Topliss-reactive ketones (excluding diaryl/α,β-unsaturated/α-hetero) is 1. The van der Waals surface area contributed by atoms with Gasteiger partial charge in [-0.25, -0.2) is 8.78 Å². The van der Waals surface area contributed by atoms with Crippen molar-refractivity contribution in [2.24, 2.45) is 0 Å². The Bertz CT molecular complexity index is 1500. The van der Waals surface area contributed by atoms with E-state index in [0.29, 0.717) is 30.3 Å². The molecule has 14 heteroatoms. The Balaban J connectivity index is 1.36. The number of carbonyl (C=O) groups excluding carboxylic acids is 2. The van der Waals surface area contributed by atoms with E-state index in [1.807, 2.05) is 0 Å². The number of hydrogen-bond donors (Lipinski definition) is 1. The quantitative estimate of drug-likeness (QED) is 0.158. The molecule has 1 aliphatic rings. The second-order valence-electron chi connectivity index (χ2n) is 11.3. The van der Waals surface area contributed by atoms with Crippen LogP contribution in [0.25, 0.3) is 0 Å². The van der Waals surface area contributed by atoms with E-state index in [1.165, 1.54) is 30.5 Å². The summed E-state index contributed by atoms with van der Waals surface area (Å²) in [6.45, 7) is 0.241. The van der Waals surface area contributed by atoms with Gasteiger partial charge < -0.3 is 14.8 Å². The highest BCUT2D eigenvalue weighted by atomic mass is 19.4. The van der Waals surface area contributed by atoms with Crippen molar-refractivity contribution < 1.29 is 54.2 Å². The molecule has 0 radical (unpaired) electrons. The van der Waals surface area contributed by atoms with Gasteiger partial charge in [0.15, 0.2) is 0 Å². The van der Waals surface area contributed by atoms with Crippen molar-refractivity contribution in [2.45, 2.75) is 68.9 Å². The third-order valence-corrected chi connectivity index (χ3v) is 7.74. The number of ether oxygens (including phenoxy) is 2. The average molecular weight is 673 g/mol. The van der Waals surface area contributed by atoms with Gasteiger partial charge in [0.1, 0.15) is 24.0 Å². The first kappa shape index (κ1) is 35.9. The van der Waals surface area contributed by atoms with E-state index in [2.05, 4.69) is 10.3 Å². The summed E-state index contributed by atoms with van der Waals surface area (Å²) in [6, 6.07) is 9.85. The minimum Gasteiger partial charge on any atom is -0.464 e. The van der Waals surface area contributed by atoms with Crippen molar-refractivity contribution in [1.82, 2.24) is 10.3 Å². The number of benzene rings is 2. The van der Waals surface area contributed by atoms with Crippen LogP contribution < -0.4 is 5.32 Å². The summed E-state index contributed by atoms with van der Waals surface area (Å²) < 4.78 is 116. The summed E-state index contributed by atoms with van der Waals surface area (Å²) in [6.07, 6.45) is -9.55. The number of carbonyl (C=O) groups is 2. The number of halogens is 8. The van der Waals surface area contributed by atoms with Gasteiger partial charge in [-0.1, -0.05) is 24.3 Å². The number of nitrogens with zero attached hydrogens (tertiary/aromatic N) is 1. The van der Waals surface area contributed by atoms with Gasteiger partial charge in [0.25, 0.3) is 0 Å². The zero-order valence-corrected chi connectivity index (χ0v) is 25.0. The Morgan fingerprint density at radius 1 is 1.00 bits per heavy atom. The molecule has 0 bridgehead atoms. The highest BCUT2D eigenvalue weighted by Crippen LogP contribution is 2.34. The van der Waals surface area contributed by atoms with Crippen LogP contribution in [0.1, 0.15) is 59.4 Å². The van der Waals surface area contributed by atoms with Crippen LogP contribution in [0.15, 0.2) is 60.9 Å². The lowest BCUT2D eigenvalue weighted by Crippen LogP contribution is -2.49. The number of rotatable bonds is 13. The number of morpholine rings is 1. The van der Waals surface area contributed by atoms with E-state index in [0.717, 1.165) is 18.2 Å². The number of aromatic nitrogens is 1. The van der Waals surface area contributed by atoms with Gasteiger partial charge in [-0.3, -0.25) is 14.6 Å². The fourth-order valence-electron chi connectivity index (χ4n) is 5.26. The van der Waals surface area contributed by atoms with E-state index in [4.69, 9.17) is 9.47 Å². The molecule has 4 rings (SSSR count). The maximum absolute atomic E-state index is 15.0. The van der Waals surface area contributed by atoms with Gasteiger partial charge >= 0.3 is 18.3 Å². The molecule has 1 N–H and O–H groups in total. The van der Waals surface area contributed by atoms with Crippen molar-refractivity contribution >= 4 is 11.8 Å². The summed E-state index contributed by atoms with van der Waals surface area (Å²) in [4.78, 5) is 28.6. The summed E-state index contributed by atoms with van der Waals surface area (Å²) >= 11 is 0. The lowest BCUT2D eigenvalue weighted by atomic mass is 9.85. The molecule has 6 nitrogen and oxygen atoms in total. The molecule has 0 aliphatic carbocycles. The predicted octanol–water partition coefficient (Wildman–Crippen LogP) is 6.89. The fourth-order valence-corrected chi connectivity index (χ4v) is 5.26. The molecule has 1 fully saturated rings. The first-order chi connectivity index (χ1) is 22.2. The van der Waals surface area contributed by atoms with Crippen LogP contribution in [0.5, 0.6) is 0 Å². The summed E-state index contributed by atoms with van der Waals surface area (Å²) in [5.41, 5.74) is 0.230. The van der Waals surface area contributed by atoms with Crippen LogP contribution >= 0.6 is 0 Å². The largest absolute Gasteiger partial charge is 0.464 e. The van der Waals surface area contributed by atoms with E-state index in [9.17, 15) is 44.7 Å². The molecule has 0 amide bonds. The van der Waals surface area contributed by atoms with Crippen LogP contribution in [0.2, 0.25) is 0 Å². The maximum atomic E-state index is 15.0. The van der Waals surface area contributed by atoms with Crippen molar-refractivity contribution in [3.63, 3.8) is 0 Å². The molecule has 0 saturated carbocycles. The van der Waals surface area contributed by atoms with Crippen molar-refractivity contribution in [2.75, 3.05) is 19.8 Å². The third-order valence-electron chi connectivity index (χ3n) is 7.74. The first-order valence-corrected chi connectivity index (χ1v) is 14.8. The number of pyridine rings is 1. The fraction of sp³-hybridized carbons (Fsp3) is 0.424. The Kier molecular flexibility index (Phi) is 12.1. The van der Waals surface area contributed by atoms with Crippen LogP contribution in [0.4, 0.5) is 35.1 Å². The van der Waals surface area contributed by atoms with Crippen LogP contribution in [-0.4, -0.2) is 54.8 Å². The van der Waals surface area contributed by atoms with Gasteiger partial charge in [0.2, 0.25) is 0 Å². The maximum Gasteiger partial charge on any atom is 0.417 e. The van der Waals surface area contributed by atoms with Gasteiger partial charge in [0, 0.05) is 37.7 Å². The molecule has 2 aromatic carbocycles. The normalized spacial score (nSPS) is 17.7. The molecule has 1 aliphatic heterocycles. The summed E-state index contributed by atoms with van der Waals surface area (Å²) in [7, 11) is 0. The van der Waals surface area contributed by atoms with Crippen molar-refractivity contribution in [3.05, 3.63) is 100 Å². The first-order valence-electron chi connectivity index (χ1n) is 14.8. The van der Waals surface area contributed by atoms with Crippen molar-refractivity contribution in [1.29, 1.82) is 0 Å². The molecule has 1 saturated heterocycles. The molecule has 1 aromatic heterocycles. The molecule has 3 aromatic rings. The molecular formula is C33H32F8N2O4. The molecule has 2 heterocycles. The molecule has 254 valence electrons. The number of alkyl halides is 6. The van der Waals surface area contributed by atoms with E-state index in [1.54, 1.807) is 6.07 Å². The smallest absolute Gasteiger partial charge is 0.417 e. The molecular weight excluding hydrogens is 640 g/mol. The lowest BCUT2D eigenvalue weighted by molar-refractivity contribution is -0.158. The summed E-state index contributed by atoms with van der Waals surface area (Å²) in [5.74, 6) is -3.31. The second kappa shape index (κ2) is 15.8. The monoisotopic (exact) mass is 672 g/mol. The standard InChI is InChI=1S/C33H32F8N2O4/c34-24-6-4-20(5-7-24)29(22-12-23(16-42-15-22)33(39,40)41)14-26(44)13-21-2-1-3-30(35)28(21)9-8-27-17-43-25(18-46-27)19-47-31(45)10-11-32(36,37)38/h1-7,12,15-16,25,27,29,43H,8-11,13-14,17-19H2/t25-,27+,29-/m0/s1. The van der Waals surface area contributed by atoms with Gasteiger partial charge in [0.05, 0.1) is 37.2 Å². The van der Waals surface area contributed by atoms with E-state index >= 15 is 0 Å². The Labute approximate surface area is 265 Å². The number of hydrogen-bond acceptors (Lipinski definition) is 6. The van der Waals surface area contributed by atoms with Gasteiger partial charge in [-0.15, -0.1) is 0 Å². The van der Waals surface area contributed by atoms with Crippen LogP contribution in [0, 0.1) is 11.6 Å². The minimum absolute atomic E-state index is 0.106. The lowest BCUT2D eigenvalue weighted by Gasteiger charge is -2.30. The van der Waals surface area contributed by atoms with E-state index in [-0.39, 0.29) is 55.5 Å². The number of nitrogens with one attached hydrogen (secondary N) is 1. The number of ketones is 1. The molecule has 0 spiro atoms. The SMILES string of the molecule is O=C(Cc1cccc(F)c1CC[C@@H]1CN[C@H](COC(=O)CCC(F)(F)F)CO1)C[C@@H](c1ccc(F)cc1)c1cncc(C(F)(F)F)c1. The zero-order valence-electron chi connectivity index (χ0n) is 25.0. The molecule has 0 unspecified atom stereocenters. The average Bonchev–Trinajstić information content (AvgIpc) is 3.02. The molecule has 47 heavy (non-hydrogen) atoms. The van der Waals surface area contributed by atoms with Crippen LogP contribution in [0.3, 0.4) is 0 Å². The van der Waals surface area contributed by atoms with Gasteiger partial charge in [-0.05, 0) is 59.4 Å². The highest BCUT2D eigenvalue weighted by Gasteiger charge is 2.32. The van der Waals surface area contributed by atoms with E-state index < -0.39 is 60.3 Å². The Morgan fingerprint density at radius 3 is 2.40 bits per heavy atom. The Hall–Kier alpha value is -3.91. The van der Waals surface area contributed by atoms with Crippen LogP contribution in [-0.2, 0) is 38.1 Å². The minimum atomic E-state index is -4.66. The zero-order chi connectivity index (χ0) is 34.2. The topological polar surface area (TPSA) is 77.5 Å². The Morgan fingerprint density at radius 2 is 1.74 bits per heavy atom. The molecule has 3 atom stereocenters. The second-order valence-corrected chi connectivity index (χ2v) is 11.3. The third kappa shape index (κ3) is 11.1. The van der Waals surface area contributed by atoms with Gasteiger partial charge in [-0.2, -0.15) is 26.3 Å². The van der Waals surface area contributed by atoms with Crippen molar-refractivity contribution in [3.8, 4) is 0 Å². The number of esters is 1. The summed E-state index contributed by atoms with van der Waals surface area (Å²) in [5, 5.41) is 3.09. The predicted molar refractivity (Wildman–Crippen MR) is 153 cm³/mol. The highest BCUT2D eigenvalue weighted by molar-refractivity contribution is 5.82.